The number of rotatable bonds is 2. The van der Waals surface area contributed by atoms with Crippen LogP contribution in [0.2, 0.25) is 0 Å². The summed E-state index contributed by atoms with van der Waals surface area (Å²) in [5.74, 6) is 0. The molecule has 0 heterocycles. The highest BCUT2D eigenvalue weighted by Gasteiger charge is 2.38. The van der Waals surface area contributed by atoms with Crippen LogP contribution in [0.3, 0.4) is 0 Å². The first kappa shape index (κ1) is 12.0. The number of hydrogen-bond donors (Lipinski definition) is 0. The number of fused-ring (bicyclic) bond motifs is 3. The molecule has 0 atom stereocenters. The van der Waals surface area contributed by atoms with E-state index in [2.05, 4.69) is 86.7 Å². The molecule has 0 heteroatoms. The van der Waals surface area contributed by atoms with Gasteiger partial charge in [0.2, 0.25) is 0 Å². The highest BCUT2D eigenvalue weighted by molar-refractivity contribution is 5.83. The molecule has 2 aromatic rings. The van der Waals surface area contributed by atoms with Crippen LogP contribution in [0.25, 0.3) is 11.1 Å². The van der Waals surface area contributed by atoms with Gasteiger partial charge in [0.05, 0.1) is 5.41 Å². The van der Waals surface area contributed by atoms with Gasteiger partial charge in [-0.1, -0.05) is 72.8 Å². The zero-order valence-corrected chi connectivity index (χ0v) is 11.4. The van der Waals surface area contributed by atoms with Crippen molar-refractivity contribution in [3.8, 4) is 11.1 Å². The molecule has 0 fully saturated rings. The normalized spacial score (nSPS) is 15.9. The molecule has 1 aliphatic carbocycles. The first-order valence-electron chi connectivity index (χ1n) is 6.80. The first-order valence-corrected chi connectivity index (χ1v) is 6.80. The molecule has 0 N–H and O–H groups in total. The molecule has 0 saturated carbocycles. The number of allylic oxidation sites excluding steroid dienone is 4. The summed E-state index contributed by atoms with van der Waals surface area (Å²) >= 11 is 0. The third kappa shape index (κ3) is 1.60. The second-order valence-electron chi connectivity index (χ2n) is 4.96. The quantitative estimate of drug-likeness (QED) is 0.646. The monoisotopic (exact) mass is 246 g/mol. The van der Waals surface area contributed by atoms with E-state index in [0.29, 0.717) is 0 Å². The Balaban J connectivity index is 2.42. The minimum Gasteiger partial charge on any atom is -0.0901 e. The summed E-state index contributed by atoms with van der Waals surface area (Å²) < 4.78 is 0. The van der Waals surface area contributed by atoms with E-state index in [0.717, 1.165) is 0 Å². The highest BCUT2D eigenvalue weighted by atomic mass is 14.4. The molecule has 0 nitrogen and oxygen atoms in total. The van der Waals surface area contributed by atoms with Gasteiger partial charge < -0.3 is 0 Å². The van der Waals surface area contributed by atoms with E-state index in [4.69, 9.17) is 0 Å². The van der Waals surface area contributed by atoms with E-state index in [9.17, 15) is 0 Å². The maximum Gasteiger partial charge on any atom is 0.0574 e. The second kappa shape index (κ2) is 4.55. The van der Waals surface area contributed by atoms with Gasteiger partial charge in [-0.3, -0.25) is 0 Å². The lowest BCUT2D eigenvalue weighted by atomic mass is 9.77. The molecule has 0 amide bonds. The predicted octanol–water partition coefficient (Wildman–Crippen LogP) is 5.11. The van der Waals surface area contributed by atoms with Crippen molar-refractivity contribution in [3.63, 3.8) is 0 Å². The molecular weight excluding hydrogens is 228 g/mol. The maximum atomic E-state index is 2.30. The molecule has 1 aliphatic rings. The molecule has 19 heavy (non-hydrogen) atoms. The zero-order chi connectivity index (χ0) is 13.3. The Bertz CT molecular complexity index is 600. The highest BCUT2D eigenvalue weighted by Crippen LogP contribution is 2.50. The molecule has 0 spiro atoms. The van der Waals surface area contributed by atoms with Crippen molar-refractivity contribution in [2.75, 3.05) is 0 Å². The van der Waals surface area contributed by atoms with E-state index in [-0.39, 0.29) is 5.41 Å². The Morgan fingerprint density at radius 2 is 1.11 bits per heavy atom. The van der Waals surface area contributed by atoms with Crippen LogP contribution in [0.5, 0.6) is 0 Å². The van der Waals surface area contributed by atoms with Crippen molar-refractivity contribution in [3.05, 3.63) is 84.0 Å². The number of hydrogen-bond acceptors (Lipinski definition) is 0. The van der Waals surface area contributed by atoms with Gasteiger partial charge in [-0.15, -0.1) is 0 Å². The Hall–Kier alpha value is -2.08. The zero-order valence-electron chi connectivity index (χ0n) is 11.4. The number of benzene rings is 2. The van der Waals surface area contributed by atoms with E-state index in [1.807, 2.05) is 0 Å². The fraction of sp³-hybridized carbons (Fsp3) is 0.158. The average molecular weight is 246 g/mol. The fourth-order valence-electron chi connectivity index (χ4n) is 3.24. The minimum atomic E-state index is -0.101. The summed E-state index contributed by atoms with van der Waals surface area (Å²) in [4.78, 5) is 0. The molecule has 3 rings (SSSR count). The van der Waals surface area contributed by atoms with Crippen LogP contribution in [0.4, 0.5) is 0 Å². The minimum absolute atomic E-state index is 0.101. The van der Waals surface area contributed by atoms with E-state index in [1.54, 1.807) is 0 Å². The third-order valence-corrected chi connectivity index (χ3v) is 3.89. The molecule has 0 bridgehead atoms. The lowest BCUT2D eigenvalue weighted by Crippen LogP contribution is -2.19. The van der Waals surface area contributed by atoms with Crippen molar-refractivity contribution in [2.45, 2.75) is 19.3 Å². The molecule has 0 unspecified atom stereocenters. The van der Waals surface area contributed by atoms with Gasteiger partial charge in [-0.2, -0.15) is 0 Å². The van der Waals surface area contributed by atoms with Crippen LogP contribution in [0, 0.1) is 0 Å². The smallest absolute Gasteiger partial charge is 0.0574 e. The summed E-state index contributed by atoms with van der Waals surface area (Å²) in [6, 6.07) is 17.4. The van der Waals surface area contributed by atoms with Crippen molar-refractivity contribution >= 4 is 0 Å². The van der Waals surface area contributed by atoms with Gasteiger partial charge in [-0.05, 0) is 36.1 Å². The summed E-state index contributed by atoms with van der Waals surface area (Å²) in [6.45, 7) is 4.18. The van der Waals surface area contributed by atoms with Gasteiger partial charge in [0.1, 0.15) is 0 Å². The molecule has 0 radical (unpaired) electrons. The SMILES string of the molecule is CC=CC1(C=CC)c2ccccc2-c2ccccc21. The largest absolute Gasteiger partial charge is 0.0901 e. The first-order chi connectivity index (χ1) is 9.33. The Labute approximate surface area is 115 Å². The van der Waals surface area contributed by atoms with Crippen molar-refractivity contribution in [1.82, 2.24) is 0 Å². The summed E-state index contributed by atoms with van der Waals surface area (Å²) in [5, 5.41) is 0. The van der Waals surface area contributed by atoms with Crippen molar-refractivity contribution in [2.24, 2.45) is 0 Å². The summed E-state index contributed by atoms with van der Waals surface area (Å²) in [7, 11) is 0. The summed E-state index contributed by atoms with van der Waals surface area (Å²) in [6.07, 6.45) is 8.91. The van der Waals surface area contributed by atoms with Crippen LogP contribution in [0.1, 0.15) is 25.0 Å². The third-order valence-electron chi connectivity index (χ3n) is 3.89. The molecule has 0 aromatic heterocycles. The van der Waals surface area contributed by atoms with Crippen molar-refractivity contribution < 1.29 is 0 Å². The Morgan fingerprint density at radius 1 is 0.684 bits per heavy atom. The average Bonchev–Trinajstić information content (AvgIpc) is 2.72. The molecule has 2 aromatic carbocycles. The Kier molecular flexibility index (Phi) is 2.87. The second-order valence-corrected chi connectivity index (χ2v) is 4.96. The topological polar surface area (TPSA) is 0 Å². The lowest BCUT2D eigenvalue weighted by molar-refractivity contribution is 0.840. The van der Waals surface area contributed by atoms with Gasteiger partial charge >= 0.3 is 0 Å². The van der Waals surface area contributed by atoms with Crippen LogP contribution < -0.4 is 0 Å². The summed E-state index contributed by atoms with van der Waals surface area (Å²) in [5.41, 5.74) is 5.37. The molecule has 0 saturated heterocycles. The van der Waals surface area contributed by atoms with Gasteiger partial charge in [0.15, 0.2) is 0 Å². The fourth-order valence-corrected chi connectivity index (χ4v) is 3.24. The van der Waals surface area contributed by atoms with Gasteiger partial charge in [-0.25, -0.2) is 0 Å². The Morgan fingerprint density at radius 3 is 1.53 bits per heavy atom. The molecular formula is C19H18. The van der Waals surface area contributed by atoms with Crippen LogP contribution >= 0.6 is 0 Å². The lowest BCUT2D eigenvalue weighted by Gasteiger charge is -2.24. The van der Waals surface area contributed by atoms with Crippen LogP contribution in [-0.4, -0.2) is 0 Å². The molecule has 94 valence electrons. The van der Waals surface area contributed by atoms with Gasteiger partial charge in [0.25, 0.3) is 0 Å². The maximum absolute atomic E-state index is 2.30. The van der Waals surface area contributed by atoms with Crippen LogP contribution in [-0.2, 0) is 5.41 Å². The standard InChI is InChI=1S/C19H18/c1-3-13-19(14-4-2)17-11-7-5-9-15(17)16-10-6-8-12-18(16)19/h3-14H,1-2H3. The van der Waals surface area contributed by atoms with Crippen molar-refractivity contribution in [1.29, 1.82) is 0 Å². The van der Waals surface area contributed by atoms with E-state index < -0.39 is 0 Å². The van der Waals surface area contributed by atoms with E-state index >= 15 is 0 Å². The molecule has 0 aliphatic heterocycles. The predicted molar refractivity (Wildman–Crippen MR) is 82.3 cm³/mol. The van der Waals surface area contributed by atoms with Crippen LogP contribution in [0.15, 0.2) is 72.8 Å². The van der Waals surface area contributed by atoms with E-state index in [1.165, 1.54) is 22.3 Å². The van der Waals surface area contributed by atoms with Gasteiger partial charge in [0, 0.05) is 0 Å².